The van der Waals surface area contributed by atoms with Gasteiger partial charge in [-0.1, -0.05) is 96.8 Å². The molecule has 0 saturated carbocycles. The number of benzene rings is 1. The zero-order valence-electron chi connectivity index (χ0n) is 17.6. The Morgan fingerprint density at radius 3 is 1.68 bits per heavy atom. The lowest BCUT2D eigenvalue weighted by molar-refractivity contribution is -0.134. The van der Waals surface area contributed by atoms with Crippen LogP contribution in [-0.4, -0.2) is 5.97 Å². The molecule has 0 radical (unpaired) electrons. The van der Waals surface area contributed by atoms with E-state index in [0.717, 1.165) is 37.5 Å². The quantitative estimate of drug-likeness (QED) is 0.151. The molecule has 0 heterocycles. The fourth-order valence-corrected chi connectivity index (χ4v) is 3.37. The van der Waals surface area contributed by atoms with Crippen molar-refractivity contribution in [1.82, 2.24) is 0 Å². The normalized spacial score (nSPS) is 11.0. The maximum absolute atomic E-state index is 13.4. The van der Waals surface area contributed by atoms with Gasteiger partial charge in [0, 0.05) is 12.5 Å². The standard InChI is InChI=1S/C24H38F2O2/c1-2-3-4-5-6-7-8-9-10-11-12-13-14-15-16-17-24(27)28-23-19-18-21(25)20-22(23)26/h18-20H,2-17H2,1H3. The Morgan fingerprint density at radius 2 is 1.21 bits per heavy atom. The fourth-order valence-electron chi connectivity index (χ4n) is 3.37. The molecule has 160 valence electrons. The molecule has 0 N–H and O–H groups in total. The number of hydrogen-bond donors (Lipinski definition) is 0. The van der Waals surface area contributed by atoms with E-state index in [0.29, 0.717) is 0 Å². The first kappa shape index (κ1) is 24.6. The molecule has 1 rings (SSSR count). The smallest absolute Gasteiger partial charge is 0.311 e. The minimum atomic E-state index is -0.843. The minimum Gasteiger partial charge on any atom is -0.423 e. The topological polar surface area (TPSA) is 26.3 Å². The van der Waals surface area contributed by atoms with Crippen molar-refractivity contribution < 1.29 is 18.3 Å². The van der Waals surface area contributed by atoms with E-state index in [1.165, 1.54) is 77.0 Å². The lowest BCUT2D eigenvalue weighted by atomic mass is 10.0. The minimum absolute atomic E-state index is 0.202. The van der Waals surface area contributed by atoms with Crippen LogP contribution in [0.4, 0.5) is 8.78 Å². The third kappa shape index (κ3) is 12.9. The zero-order chi connectivity index (χ0) is 20.5. The van der Waals surface area contributed by atoms with E-state index in [2.05, 4.69) is 6.92 Å². The van der Waals surface area contributed by atoms with Gasteiger partial charge >= 0.3 is 5.97 Å². The van der Waals surface area contributed by atoms with Crippen molar-refractivity contribution in [2.45, 2.75) is 110 Å². The van der Waals surface area contributed by atoms with E-state index in [9.17, 15) is 13.6 Å². The monoisotopic (exact) mass is 396 g/mol. The van der Waals surface area contributed by atoms with Crippen molar-refractivity contribution in [2.24, 2.45) is 0 Å². The number of carbonyl (C=O) groups is 1. The summed E-state index contributed by atoms with van der Waals surface area (Å²) in [5.74, 6) is -2.18. The van der Waals surface area contributed by atoms with Crippen LogP contribution in [0.3, 0.4) is 0 Å². The van der Waals surface area contributed by atoms with E-state index in [1.54, 1.807) is 0 Å². The third-order valence-electron chi connectivity index (χ3n) is 5.10. The summed E-state index contributed by atoms with van der Waals surface area (Å²) in [5.41, 5.74) is 0. The summed E-state index contributed by atoms with van der Waals surface area (Å²) >= 11 is 0. The van der Waals surface area contributed by atoms with Crippen LogP contribution in [0.2, 0.25) is 0 Å². The van der Waals surface area contributed by atoms with Crippen LogP contribution in [-0.2, 0) is 4.79 Å². The first-order valence-electron chi connectivity index (χ1n) is 11.3. The molecule has 0 fully saturated rings. The third-order valence-corrected chi connectivity index (χ3v) is 5.10. The van der Waals surface area contributed by atoms with E-state index in [-0.39, 0.29) is 12.2 Å². The first-order valence-corrected chi connectivity index (χ1v) is 11.3. The van der Waals surface area contributed by atoms with Gasteiger partial charge in [-0.2, -0.15) is 0 Å². The largest absolute Gasteiger partial charge is 0.423 e. The predicted molar refractivity (Wildman–Crippen MR) is 112 cm³/mol. The fraction of sp³-hybridized carbons (Fsp3) is 0.708. The number of carbonyl (C=O) groups excluding carboxylic acids is 1. The molecule has 2 nitrogen and oxygen atoms in total. The Bertz CT molecular complexity index is 531. The van der Waals surface area contributed by atoms with Crippen molar-refractivity contribution in [3.63, 3.8) is 0 Å². The average molecular weight is 397 g/mol. The second-order valence-electron chi connectivity index (χ2n) is 7.75. The number of ether oxygens (including phenoxy) is 1. The Morgan fingerprint density at radius 1 is 0.750 bits per heavy atom. The van der Waals surface area contributed by atoms with Crippen molar-refractivity contribution >= 4 is 5.97 Å². The maximum atomic E-state index is 13.4. The van der Waals surface area contributed by atoms with Crippen LogP contribution in [0.5, 0.6) is 5.75 Å². The Labute approximate surface area is 170 Å². The highest BCUT2D eigenvalue weighted by atomic mass is 19.1. The van der Waals surface area contributed by atoms with E-state index in [4.69, 9.17) is 4.74 Å². The number of rotatable bonds is 17. The second kappa shape index (κ2) is 16.5. The summed E-state index contributed by atoms with van der Waals surface area (Å²) in [6, 6.07) is 2.95. The van der Waals surface area contributed by atoms with Gasteiger partial charge < -0.3 is 4.74 Å². The van der Waals surface area contributed by atoms with Gasteiger partial charge in [-0.05, 0) is 18.6 Å². The van der Waals surface area contributed by atoms with Gasteiger partial charge in [0.25, 0.3) is 0 Å². The predicted octanol–water partition coefficient (Wildman–Crippen LogP) is 8.13. The van der Waals surface area contributed by atoms with Gasteiger partial charge in [0.05, 0.1) is 0 Å². The van der Waals surface area contributed by atoms with Crippen molar-refractivity contribution in [3.8, 4) is 5.75 Å². The molecule has 0 aromatic heterocycles. The molecule has 0 spiro atoms. The highest BCUT2D eigenvalue weighted by Gasteiger charge is 2.10. The van der Waals surface area contributed by atoms with Crippen LogP contribution < -0.4 is 4.74 Å². The van der Waals surface area contributed by atoms with Crippen LogP contribution in [0, 0.1) is 11.6 Å². The van der Waals surface area contributed by atoms with Crippen molar-refractivity contribution in [2.75, 3.05) is 0 Å². The van der Waals surface area contributed by atoms with Gasteiger partial charge in [0.1, 0.15) is 5.82 Å². The molecule has 1 aromatic rings. The van der Waals surface area contributed by atoms with Crippen LogP contribution >= 0.6 is 0 Å². The van der Waals surface area contributed by atoms with E-state index in [1.807, 2.05) is 0 Å². The average Bonchev–Trinajstić information content (AvgIpc) is 2.67. The maximum Gasteiger partial charge on any atom is 0.311 e. The molecule has 0 bridgehead atoms. The molecule has 0 aliphatic heterocycles. The van der Waals surface area contributed by atoms with Crippen LogP contribution in [0.15, 0.2) is 18.2 Å². The van der Waals surface area contributed by atoms with Gasteiger partial charge in [-0.3, -0.25) is 4.79 Å². The van der Waals surface area contributed by atoms with Crippen molar-refractivity contribution in [1.29, 1.82) is 0 Å². The number of esters is 1. The summed E-state index contributed by atoms with van der Waals surface area (Å²) in [5, 5.41) is 0. The van der Waals surface area contributed by atoms with Gasteiger partial charge in [-0.15, -0.1) is 0 Å². The molecule has 0 unspecified atom stereocenters. The van der Waals surface area contributed by atoms with E-state index >= 15 is 0 Å². The lowest BCUT2D eigenvalue weighted by Gasteiger charge is -2.06. The highest BCUT2D eigenvalue weighted by molar-refractivity contribution is 5.72. The summed E-state index contributed by atoms with van der Waals surface area (Å²) < 4.78 is 31.2. The van der Waals surface area contributed by atoms with Gasteiger partial charge in [-0.25, -0.2) is 8.78 Å². The SMILES string of the molecule is CCCCCCCCCCCCCCCCCC(=O)Oc1ccc(F)cc1F. The van der Waals surface area contributed by atoms with Crippen LogP contribution in [0.1, 0.15) is 110 Å². The molecule has 0 amide bonds. The van der Waals surface area contributed by atoms with Gasteiger partial charge in [0.15, 0.2) is 11.6 Å². The van der Waals surface area contributed by atoms with E-state index < -0.39 is 17.6 Å². The Balaban J connectivity index is 1.86. The van der Waals surface area contributed by atoms with Crippen LogP contribution in [0.25, 0.3) is 0 Å². The lowest BCUT2D eigenvalue weighted by Crippen LogP contribution is -2.08. The Hall–Kier alpha value is -1.45. The molecular formula is C24H38F2O2. The number of hydrogen-bond acceptors (Lipinski definition) is 2. The zero-order valence-corrected chi connectivity index (χ0v) is 17.6. The summed E-state index contributed by atoms with van der Waals surface area (Å²) in [7, 11) is 0. The van der Waals surface area contributed by atoms with Gasteiger partial charge in [0.2, 0.25) is 0 Å². The molecule has 28 heavy (non-hydrogen) atoms. The molecule has 0 aliphatic carbocycles. The molecule has 0 saturated heterocycles. The number of unbranched alkanes of at least 4 members (excludes halogenated alkanes) is 14. The second-order valence-corrected chi connectivity index (χ2v) is 7.75. The summed E-state index contributed by atoms with van der Waals surface area (Å²) in [4.78, 5) is 11.7. The summed E-state index contributed by atoms with van der Waals surface area (Å²) in [6.45, 7) is 2.26. The Kier molecular flexibility index (Phi) is 14.5. The first-order chi connectivity index (χ1) is 13.6. The highest BCUT2D eigenvalue weighted by Crippen LogP contribution is 2.19. The molecule has 0 aliphatic rings. The van der Waals surface area contributed by atoms with Crippen molar-refractivity contribution in [3.05, 3.63) is 29.8 Å². The molecular weight excluding hydrogens is 358 g/mol. The molecule has 0 atom stereocenters. The number of halogens is 2. The molecule has 1 aromatic carbocycles. The summed E-state index contributed by atoms with van der Waals surface area (Å²) in [6.07, 6.45) is 19.3. The molecule has 4 heteroatoms.